The Hall–Kier alpha value is -3.54. The van der Waals surface area contributed by atoms with Crippen LogP contribution in [-0.2, 0) is 0 Å². The molecule has 2 aromatic carbocycles. The number of amides is 1. The van der Waals surface area contributed by atoms with Crippen LogP contribution in [0.3, 0.4) is 0 Å². The molecule has 2 aromatic heterocycles. The predicted octanol–water partition coefficient (Wildman–Crippen LogP) is 5.09. The molecule has 0 aliphatic carbocycles. The zero-order valence-electron chi connectivity index (χ0n) is 17.3. The summed E-state index contributed by atoms with van der Waals surface area (Å²) in [6, 6.07) is 17.9. The number of fused-ring (bicyclic) bond motifs is 1. The Kier molecular flexibility index (Phi) is 4.98. The first-order valence-corrected chi connectivity index (χ1v) is 10.6. The molecule has 0 radical (unpaired) electrons. The van der Waals surface area contributed by atoms with Gasteiger partial charge in [0.25, 0.3) is 5.91 Å². The van der Waals surface area contributed by atoms with E-state index in [4.69, 9.17) is 4.98 Å². The summed E-state index contributed by atoms with van der Waals surface area (Å²) in [5.74, 6) is 0.791. The highest BCUT2D eigenvalue weighted by Gasteiger charge is 2.26. The zero-order chi connectivity index (χ0) is 21.4. The van der Waals surface area contributed by atoms with Gasteiger partial charge in [-0.05, 0) is 74.4 Å². The molecule has 6 heteroatoms. The minimum absolute atomic E-state index is 0.0357. The molecule has 0 bridgehead atoms. The molecule has 1 saturated heterocycles. The van der Waals surface area contributed by atoms with E-state index in [-0.39, 0.29) is 17.6 Å². The number of nitrogens with zero attached hydrogens (tertiary/aromatic N) is 3. The first-order valence-electron chi connectivity index (χ1n) is 10.6. The number of nitrogens with one attached hydrogen (secondary N) is 1. The highest BCUT2D eigenvalue weighted by Crippen LogP contribution is 2.29. The summed E-state index contributed by atoms with van der Waals surface area (Å²) >= 11 is 0. The van der Waals surface area contributed by atoms with Gasteiger partial charge in [-0.15, -0.1) is 0 Å². The van der Waals surface area contributed by atoms with Crippen LogP contribution in [0.4, 0.5) is 4.39 Å². The van der Waals surface area contributed by atoms with Gasteiger partial charge in [-0.2, -0.15) is 0 Å². The van der Waals surface area contributed by atoms with Gasteiger partial charge in [-0.25, -0.2) is 9.37 Å². The van der Waals surface area contributed by atoms with Gasteiger partial charge < -0.3 is 9.88 Å². The van der Waals surface area contributed by atoms with Crippen molar-refractivity contribution in [2.75, 3.05) is 13.1 Å². The third kappa shape index (κ3) is 3.93. The first kappa shape index (κ1) is 19.4. The molecule has 1 fully saturated rings. The lowest BCUT2D eigenvalue weighted by Gasteiger charge is -2.32. The van der Waals surface area contributed by atoms with Gasteiger partial charge in [0.05, 0.1) is 16.7 Å². The Morgan fingerprint density at radius 1 is 1.10 bits per heavy atom. The molecule has 0 saturated carbocycles. The number of halogens is 1. The number of hydrogen-bond acceptors (Lipinski definition) is 3. The maximum absolute atomic E-state index is 13.3. The van der Waals surface area contributed by atoms with Crippen LogP contribution < -0.4 is 0 Å². The van der Waals surface area contributed by atoms with Crippen molar-refractivity contribution in [3.63, 3.8) is 0 Å². The minimum atomic E-state index is -0.259. The summed E-state index contributed by atoms with van der Waals surface area (Å²) in [6.07, 6.45) is 1.92. The Balaban J connectivity index is 1.36. The van der Waals surface area contributed by atoms with E-state index in [2.05, 4.69) is 9.97 Å². The number of aryl methyl sites for hydroxylation is 1. The van der Waals surface area contributed by atoms with Crippen molar-refractivity contribution in [3.8, 4) is 11.3 Å². The molecule has 3 heterocycles. The zero-order valence-corrected chi connectivity index (χ0v) is 17.3. The number of pyridine rings is 1. The van der Waals surface area contributed by atoms with E-state index in [0.29, 0.717) is 12.1 Å². The first-order chi connectivity index (χ1) is 15.1. The number of rotatable bonds is 3. The van der Waals surface area contributed by atoms with E-state index in [0.717, 1.165) is 53.2 Å². The van der Waals surface area contributed by atoms with Crippen LogP contribution in [0.5, 0.6) is 0 Å². The van der Waals surface area contributed by atoms with Crippen molar-refractivity contribution in [3.05, 3.63) is 83.6 Å². The maximum atomic E-state index is 13.3. The van der Waals surface area contributed by atoms with Gasteiger partial charge >= 0.3 is 0 Å². The van der Waals surface area contributed by atoms with E-state index >= 15 is 0 Å². The fraction of sp³-hybridized carbons (Fsp3) is 0.240. The third-order valence-electron chi connectivity index (χ3n) is 5.88. The van der Waals surface area contributed by atoms with E-state index < -0.39 is 0 Å². The van der Waals surface area contributed by atoms with Crippen LogP contribution in [0.25, 0.3) is 22.3 Å². The number of aromatic nitrogens is 3. The molecule has 4 aromatic rings. The van der Waals surface area contributed by atoms with Gasteiger partial charge in [0.2, 0.25) is 0 Å². The number of carbonyl (C=O) groups excluding carboxylic acids is 1. The molecular weight excluding hydrogens is 391 g/mol. The second-order valence-corrected chi connectivity index (χ2v) is 8.10. The van der Waals surface area contributed by atoms with Crippen molar-refractivity contribution in [1.29, 1.82) is 0 Å². The highest BCUT2D eigenvalue weighted by molar-refractivity contribution is 5.97. The summed E-state index contributed by atoms with van der Waals surface area (Å²) < 4.78 is 13.3. The maximum Gasteiger partial charge on any atom is 0.253 e. The largest absolute Gasteiger partial charge is 0.342 e. The number of hydrogen-bond donors (Lipinski definition) is 1. The number of likely N-dealkylation sites (tertiary alicyclic amines) is 1. The van der Waals surface area contributed by atoms with Crippen LogP contribution >= 0.6 is 0 Å². The molecule has 1 N–H and O–H groups in total. The van der Waals surface area contributed by atoms with E-state index in [1.807, 2.05) is 48.2 Å². The van der Waals surface area contributed by atoms with Crippen LogP contribution in [0, 0.1) is 12.7 Å². The molecule has 0 unspecified atom stereocenters. The Bertz CT molecular complexity index is 1250. The molecule has 0 spiro atoms. The Morgan fingerprint density at radius 2 is 1.94 bits per heavy atom. The molecular formula is C25H23FN4O. The number of aromatic amines is 1. The average Bonchev–Trinajstić information content (AvgIpc) is 3.18. The molecule has 5 nitrogen and oxygen atoms in total. The lowest BCUT2D eigenvalue weighted by Crippen LogP contribution is -2.39. The Morgan fingerprint density at radius 3 is 2.77 bits per heavy atom. The predicted molar refractivity (Wildman–Crippen MR) is 118 cm³/mol. The summed E-state index contributed by atoms with van der Waals surface area (Å²) in [7, 11) is 0. The van der Waals surface area contributed by atoms with Crippen molar-refractivity contribution < 1.29 is 9.18 Å². The van der Waals surface area contributed by atoms with Crippen LogP contribution in [0.2, 0.25) is 0 Å². The van der Waals surface area contributed by atoms with Crippen molar-refractivity contribution >= 4 is 16.9 Å². The summed E-state index contributed by atoms with van der Waals surface area (Å²) in [6.45, 7) is 3.29. The molecule has 31 heavy (non-hydrogen) atoms. The van der Waals surface area contributed by atoms with Crippen LogP contribution in [-0.4, -0.2) is 38.8 Å². The standard InChI is InChI=1S/C25H23FN4O/c1-16-27-23-12-9-18(14-24(23)28-16)25(31)30-13-3-4-19(15-30)22-6-2-5-21(29-22)17-7-10-20(26)11-8-17/h2,5-12,14,19H,3-4,13,15H2,1H3,(H,27,28)/t19-/m1/s1. The number of carbonyl (C=O) groups is 1. The third-order valence-corrected chi connectivity index (χ3v) is 5.88. The van der Waals surface area contributed by atoms with Gasteiger partial charge in [0.15, 0.2) is 0 Å². The normalized spacial score (nSPS) is 16.6. The number of piperidine rings is 1. The number of imidazole rings is 1. The van der Waals surface area contributed by atoms with E-state index in [1.54, 1.807) is 12.1 Å². The highest BCUT2D eigenvalue weighted by atomic mass is 19.1. The molecule has 156 valence electrons. The van der Waals surface area contributed by atoms with Gasteiger partial charge in [0.1, 0.15) is 11.6 Å². The summed E-state index contributed by atoms with van der Waals surface area (Å²) in [4.78, 5) is 27.5. The summed E-state index contributed by atoms with van der Waals surface area (Å²) in [5.41, 5.74) is 5.10. The monoisotopic (exact) mass is 414 g/mol. The molecule has 1 aliphatic heterocycles. The van der Waals surface area contributed by atoms with Gasteiger partial charge in [0, 0.05) is 35.8 Å². The lowest BCUT2D eigenvalue weighted by atomic mass is 9.93. The fourth-order valence-corrected chi connectivity index (χ4v) is 4.32. The molecule has 1 amide bonds. The fourth-order valence-electron chi connectivity index (χ4n) is 4.32. The van der Waals surface area contributed by atoms with Crippen molar-refractivity contribution in [1.82, 2.24) is 19.9 Å². The van der Waals surface area contributed by atoms with Crippen molar-refractivity contribution in [2.45, 2.75) is 25.7 Å². The quantitative estimate of drug-likeness (QED) is 0.508. The smallest absolute Gasteiger partial charge is 0.253 e. The second-order valence-electron chi connectivity index (χ2n) is 8.10. The van der Waals surface area contributed by atoms with Crippen LogP contribution in [0.1, 0.15) is 40.6 Å². The molecule has 1 atom stereocenters. The number of benzene rings is 2. The van der Waals surface area contributed by atoms with Gasteiger partial charge in [-0.1, -0.05) is 6.07 Å². The van der Waals surface area contributed by atoms with Crippen molar-refractivity contribution in [2.24, 2.45) is 0 Å². The lowest BCUT2D eigenvalue weighted by molar-refractivity contribution is 0.0706. The van der Waals surface area contributed by atoms with E-state index in [9.17, 15) is 9.18 Å². The Labute approximate surface area is 180 Å². The summed E-state index contributed by atoms with van der Waals surface area (Å²) in [5, 5.41) is 0. The second kappa shape index (κ2) is 7.95. The SMILES string of the molecule is Cc1nc2ccc(C(=O)N3CCC[C@@H](c4cccc(-c5ccc(F)cc5)n4)C3)cc2[nH]1. The minimum Gasteiger partial charge on any atom is -0.342 e. The van der Waals surface area contributed by atoms with Crippen LogP contribution in [0.15, 0.2) is 60.7 Å². The van der Waals surface area contributed by atoms with Gasteiger partial charge in [-0.3, -0.25) is 9.78 Å². The number of H-pyrrole nitrogens is 1. The topological polar surface area (TPSA) is 61.9 Å². The molecule has 5 rings (SSSR count). The molecule has 1 aliphatic rings. The average molecular weight is 414 g/mol. The van der Waals surface area contributed by atoms with E-state index in [1.165, 1.54) is 12.1 Å².